The second-order valence-electron chi connectivity index (χ2n) is 4.65. The third kappa shape index (κ3) is 1.13. The minimum Gasteiger partial charge on any atom is -0.351 e. The fraction of sp³-hybridized carbons (Fsp3) is 0.700. The Bertz CT molecular complexity index is 399. The normalized spacial score (nSPS) is 27.7. The molecule has 82 valence electrons. The van der Waals surface area contributed by atoms with Crippen molar-refractivity contribution in [3.63, 3.8) is 0 Å². The molecule has 0 bridgehead atoms. The Hall–Kier alpha value is -1.07. The van der Waals surface area contributed by atoms with Crippen LogP contribution in [-0.2, 0) is 16.8 Å². The first-order chi connectivity index (χ1) is 7.09. The van der Waals surface area contributed by atoms with Crippen molar-refractivity contribution >= 4 is 5.69 Å². The first-order valence-electron chi connectivity index (χ1n) is 5.30. The highest BCUT2D eigenvalue weighted by molar-refractivity contribution is 5.59. The van der Waals surface area contributed by atoms with Crippen LogP contribution in [-0.4, -0.2) is 28.3 Å². The second kappa shape index (κ2) is 2.74. The molecule has 0 fully saturated rings. The van der Waals surface area contributed by atoms with Crippen molar-refractivity contribution in [3.8, 4) is 0 Å². The lowest BCUT2D eigenvalue weighted by molar-refractivity contribution is -0.186. The lowest BCUT2D eigenvalue weighted by Crippen LogP contribution is -2.49. The van der Waals surface area contributed by atoms with Crippen LogP contribution < -0.4 is 4.90 Å². The van der Waals surface area contributed by atoms with Crippen LogP contribution in [0.2, 0.25) is 0 Å². The molecule has 1 unspecified atom stereocenters. The summed E-state index contributed by atoms with van der Waals surface area (Å²) in [5.41, 5.74) is 2.55. The smallest absolute Gasteiger partial charge is 0.238 e. The highest BCUT2D eigenvalue weighted by atomic mass is 16.6. The van der Waals surface area contributed by atoms with Crippen molar-refractivity contribution in [3.05, 3.63) is 11.4 Å². The molecule has 2 aliphatic rings. The van der Waals surface area contributed by atoms with Gasteiger partial charge < -0.3 is 14.7 Å². The number of aliphatic hydroxyl groups excluding tert-OH is 1. The molecule has 0 saturated carbocycles. The largest absolute Gasteiger partial charge is 0.351 e. The Balaban J connectivity index is 2.19. The average Bonchev–Trinajstić information content (AvgIpc) is 2.58. The van der Waals surface area contributed by atoms with Crippen molar-refractivity contribution in [2.45, 2.75) is 38.7 Å². The topological polar surface area (TPSA) is 61.4 Å². The molecule has 0 aromatic carbocycles. The van der Waals surface area contributed by atoms with Gasteiger partial charge in [0.05, 0.1) is 11.4 Å². The summed E-state index contributed by atoms with van der Waals surface area (Å²) in [5, 5.41) is 17.2. The van der Waals surface area contributed by atoms with Gasteiger partial charge in [0.2, 0.25) is 6.41 Å². The van der Waals surface area contributed by atoms with Gasteiger partial charge in [-0.3, -0.25) is 5.10 Å². The molecule has 2 N–H and O–H groups in total. The Morgan fingerprint density at radius 1 is 1.60 bits per heavy atom. The van der Waals surface area contributed by atoms with Gasteiger partial charge in [-0.2, -0.15) is 5.10 Å². The number of H-pyrrole nitrogens is 1. The summed E-state index contributed by atoms with van der Waals surface area (Å²) in [6, 6.07) is 0. The molecule has 15 heavy (non-hydrogen) atoms. The molecule has 5 nitrogen and oxygen atoms in total. The SMILES string of the molecule is CC1(C)OC(O)N2CCCc3[nH]nc1c32. The fourth-order valence-corrected chi connectivity index (χ4v) is 2.42. The monoisotopic (exact) mass is 209 g/mol. The van der Waals surface area contributed by atoms with Crippen LogP contribution in [0.25, 0.3) is 0 Å². The van der Waals surface area contributed by atoms with Gasteiger partial charge in [0.1, 0.15) is 11.3 Å². The highest BCUT2D eigenvalue weighted by Gasteiger charge is 2.42. The number of ether oxygens (including phenoxy) is 1. The minimum atomic E-state index is -0.843. The highest BCUT2D eigenvalue weighted by Crippen LogP contribution is 2.42. The van der Waals surface area contributed by atoms with E-state index in [0.717, 1.165) is 36.5 Å². The number of rotatable bonds is 0. The molecule has 5 heteroatoms. The predicted molar refractivity (Wildman–Crippen MR) is 54.4 cm³/mol. The van der Waals surface area contributed by atoms with Gasteiger partial charge in [0.25, 0.3) is 0 Å². The number of aromatic amines is 1. The van der Waals surface area contributed by atoms with Gasteiger partial charge in [-0.1, -0.05) is 0 Å². The Morgan fingerprint density at radius 2 is 2.40 bits per heavy atom. The molecule has 0 radical (unpaired) electrons. The number of nitrogens with zero attached hydrogens (tertiary/aromatic N) is 2. The quantitative estimate of drug-likeness (QED) is 0.660. The number of anilines is 1. The minimum absolute atomic E-state index is 0.517. The zero-order chi connectivity index (χ0) is 10.6. The zero-order valence-electron chi connectivity index (χ0n) is 8.95. The van der Waals surface area contributed by atoms with Crippen LogP contribution >= 0.6 is 0 Å². The van der Waals surface area contributed by atoms with Gasteiger partial charge in [-0.05, 0) is 26.7 Å². The van der Waals surface area contributed by atoms with Crippen LogP contribution in [0.3, 0.4) is 0 Å². The Kier molecular flexibility index (Phi) is 1.67. The lowest BCUT2D eigenvalue weighted by Gasteiger charge is -2.42. The summed E-state index contributed by atoms with van der Waals surface area (Å²) < 4.78 is 5.55. The molecule has 1 aromatic rings. The number of hydrogen-bond acceptors (Lipinski definition) is 4. The number of nitrogens with one attached hydrogen (secondary N) is 1. The Morgan fingerprint density at radius 3 is 3.20 bits per heavy atom. The van der Waals surface area contributed by atoms with Crippen molar-refractivity contribution in [2.75, 3.05) is 11.4 Å². The summed E-state index contributed by atoms with van der Waals surface area (Å²) in [6.07, 6.45) is 1.18. The number of aliphatic hydroxyl groups is 1. The average molecular weight is 209 g/mol. The molecular weight excluding hydrogens is 194 g/mol. The zero-order valence-corrected chi connectivity index (χ0v) is 8.95. The van der Waals surface area contributed by atoms with Crippen molar-refractivity contribution in [2.24, 2.45) is 0 Å². The maximum atomic E-state index is 9.89. The molecule has 0 aliphatic carbocycles. The van der Waals surface area contributed by atoms with E-state index in [1.165, 1.54) is 0 Å². The maximum Gasteiger partial charge on any atom is 0.238 e. The molecule has 3 rings (SSSR count). The fourth-order valence-electron chi connectivity index (χ4n) is 2.42. The third-order valence-corrected chi connectivity index (χ3v) is 3.16. The van der Waals surface area contributed by atoms with Crippen LogP contribution in [0.1, 0.15) is 31.7 Å². The molecule has 0 amide bonds. The lowest BCUT2D eigenvalue weighted by atomic mass is 9.97. The summed E-state index contributed by atoms with van der Waals surface area (Å²) in [4.78, 5) is 1.88. The predicted octanol–water partition coefficient (Wildman–Crippen LogP) is 0.703. The molecule has 0 saturated heterocycles. The van der Waals surface area contributed by atoms with Crippen LogP contribution in [0.5, 0.6) is 0 Å². The molecular formula is C10H15N3O2. The summed E-state index contributed by atoms with van der Waals surface area (Å²) in [5.74, 6) is 0. The van der Waals surface area contributed by atoms with E-state index < -0.39 is 12.0 Å². The van der Waals surface area contributed by atoms with E-state index in [2.05, 4.69) is 10.2 Å². The number of aryl methyl sites for hydroxylation is 1. The molecule has 3 heterocycles. The first-order valence-corrected chi connectivity index (χ1v) is 5.30. The van der Waals surface area contributed by atoms with Gasteiger partial charge in [-0.25, -0.2) is 0 Å². The number of hydrogen-bond donors (Lipinski definition) is 2. The molecule has 0 spiro atoms. The maximum absolute atomic E-state index is 9.89. The van der Waals surface area contributed by atoms with E-state index in [9.17, 15) is 5.11 Å². The standard InChI is InChI=1S/C10H15N3O2/c1-10(2)8-7-6(11-12-8)4-3-5-13(7)9(14)15-10/h9,14H,3-5H2,1-2H3,(H,11,12). The first kappa shape index (κ1) is 9.18. The second-order valence-corrected chi connectivity index (χ2v) is 4.65. The third-order valence-electron chi connectivity index (χ3n) is 3.16. The van der Waals surface area contributed by atoms with E-state index >= 15 is 0 Å². The van der Waals surface area contributed by atoms with Crippen molar-refractivity contribution in [1.82, 2.24) is 10.2 Å². The van der Waals surface area contributed by atoms with Crippen LogP contribution in [0, 0.1) is 0 Å². The van der Waals surface area contributed by atoms with E-state index in [0.29, 0.717) is 0 Å². The van der Waals surface area contributed by atoms with Crippen LogP contribution in [0.4, 0.5) is 5.69 Å². The number of aromatic nitrogens is 2. The van der Waals surface area contributed by atoms with E-state index in [1.807, 2.05) is 18.7 Å². The van der Waals surface area contributed by atoms with Gasteiger partial charge in [-0.15, -0.1) is 0 Å². The van der Waals surface area contributed by atoms with E-state index in [-0.39, 0.29) is 0 Å². The molecule has 1 atom stereocenters. The van der Waals surface area contributed by atoms with E-state index in [4.69, 9.17) is 4.74 Å². The summed E-state index contributed by atoms with van der Waals surface area (Å²) in [6.45, 7) is 4.69. The van der Waals surface area contributed by atoms with Gasteiger partial charge in [0.15, 0.2) is 0 Å². The molecule has 1 aromatic heterocycles. The van der Waals surface area contributed by atoms with Gasteiger partial charge in [0, 0.05) is 6.54 Å². The van der Waals surface area contributed by atoms with Gasteiger partial charge >= 0.3 is 0 Å². The molecule has 2 aliphatic heterocycles. The van der Waals surface area contributed by atoms with Crippen molar-refractivity contribution in [1.29, 1.82) is 0 Å². The summed E-state index contributed by atoms with van der Waals surface area (Å²) in [7, 11) is 0. The van der Waals surface area contributed by atoms with Crippen LogP contribution in [0.15, 0.2) is 0 Å². The Labute approximate surface area is 88.0 Å². The van der Waals surface area contributed by atoms with E-state index in [1.54, 1.807) is 0 Å². The summed E-state index contributed by atoms with van der Waals surface area (Å²) >= 11 is 0. The van der Waals surface area contributed by atoms with Crippen molar-refractivity contribution < 1.29 is 9.84 Å².